The maximum atomic E-state index is 11.4. The van der Waals surface area contributed by atoms with E-state index in [1.807, 2.05) is 0 Å². The lowest BCUT2D eigenvalue weighted by molar-refractivity contribution is -0.128. The molecule has 1 aliphatic heterocycles. The van der Waals surface area contributed by atoms with Gasteiger partial charge in [0.25, 0.3) is 0 Å². The van der Waals surface area contributed by atoms with E-state index in [1.54, 1.807) is 6.08 Å². The lowest BCUT2D eigenvalue weighted by Crippen LogP contribution is -2.35. The third-order valence-electron chi connectivity index (χ3n) is 2.18. The van der Waals surface area contributed by atoms with Crippen LogP contribution in [0.2, 0.25) is 0 Å². The fourth-order valence-corrected chi connectivity index (χ4v) is 1.39. The van der Waals surface area contributed by atoms with Gasteiger partial charge in [0.1, 0.15) is 0 Å². The number of rotatable bonds is 4. The number of nitrogens with one attached hydrogen (secondary N) is 1. The summed E-state index contributed by atoms with van der Waals surface area (Å²) >= 11 is 0. The fraction of sp³-hybridized carbons (Fsp3) is 0.700. The smallest absolute Gasteiger partial charge is 0.225 e. The Hall–Kier alpha value is -0.830. The van der Waals surface area contributed by atoms with Gasteiger partial charge in [-0.15, -0.1) is 6.58 Å². The third kappa shape index (κ3) is 3.59. The monoisotopic (exact) mass is 183 g/mol. The van der Waals surface area contributed by atoms with E-state index in [0.29, 0.717) is 13.2 Å². The molecule has 1 atom stereocenters. The van der Waals surface area contributed by atoms with Crippen molar-refractivity contribution in [1.82, 2.24) is 5.32 Å². The highest BCUT2D eigenvalue weighted by molar-refractivity contribution is 5.78. The second-order valence-electron chi connectivity index (χ2n) is 3.28. The number of carbonyl (C=O) groups is 1. The van der Waals surface area contributed by atoms with Crippen molar-refractivity contribution in [2.45, 2.75) is 19.3 Å². The summed E-state index contributed by atoms with van der Waals surface area (Å²) in [6.07, 6.45) is 4.59. The molecule has 1 amide bonds. The normalized spacial score (nSPS) is 22.3. The lowest BCUT2D eigenvalue weighted by Gasteiger charge is -2.20. The number of hydrogen-bond donors (Lipinski definition) is 1. The summed E-state index contributed by atoms with van der Waals surface area (Å²) in [5.74, 6) is 0.195. The predicted octanol–water partition coefficient (Wildman–Crippen LogP) is 1.11. The summed E-state index contributed by atoms with van der Waals surface area (Å²) in [6, 6.07) is 0. The molecule has 1 unspecified atom stereocenters. The van der Waals surface area contributed by atoms with Crippen LogP contribution in [0.1, 0.15) is 19.3 Å². The molecule has 1 N–H and O–H groups in total. The van der Waals surface area contributed by atoms with Crippen molar-refractivity contribution in [3.8, 4) is 0 Å². The average molecular weight is 183 g/mol. The molecule has 0 saturated carbocycles. The van der Waals surface area contributed by atoms with E-state index in [2.05, 4.69) is 11.9 Å². The van der Waals surface area contributed by atoms with E-state index in [9.17, 15) is 4.79 Å². The molecular weight excluding hydrogens is 166 g/mol. The first kappa shape index (κ1) is 10.3. The zero-order valence-corrected chi connectivity index (χ0v) is 7.92. The number of hydrogen-bond acceptors (Lipinski definition) is 2. The van der Waals surface area contributed by atoms with Crippen molar-refractivity contribution in [3.05, 3.63) is 12.7 Å². The molecule has 0 aromatic heterocycles. The number of carbonyl (C=O) groups excluding carboxylic acids is 1. The minimum Gasteiger partial charge on any atom is -0.381 e. The molecule has 0 aromatic rings. The Morgan fingerprint density at radius 3 is 3.15 bits per heavy atom. The fourth-order valence-electron chi connectivity index (χ4n) is 1.39. The van der Waals surface area contributed by atoms with Gasteiger partial charge in [0.05, 0.1) is 12.5 Å². The van der Waals surface area contributed by atoms with Crippen LogP contribution in [0.5, 0.6) is 0 Å². The van der Waals surface area contributed by atoms with Crippen LogP contribution in [-0.4, -0.2) is 25.7 Å². The molecule has 74 valence electrons. The molecule has 0 radical (unpaired) electrons. The van der Waals surface area contributed by atoms with Gasteiger partial charge in [-0.3, -0.25) is 4.79 Å². The summed E-state index contributed by atoms with van der Waals surface area (Å²) in [5.41, 5.74) is 0. The molecule has 3 heteroatoms. The van der Waals surface area contributed by atoms with E-state index in [1.165, 1.54) is 0 Å². The van der Waals surface area contributed by atoms with Gasteiger partial charge in [0.15, 0.2) is 0 Å². The largest absolute Gasteiger partial charge is 0.381 e. The van der Waals surface area contributed by atoms with Crippen LogP contribution in [0, 0.1) is 5.92 Å². The molecule has 3 nitrogen and oxygen atoms in total. The second kappa shape index (κ2) is 5.75. The predicted molar refractivity (Wildman–Crippen MR) is 51.4 cm³/mol. The summed E-state index contributed by atoms with van der Waals surface area (Å²) in [6.45, 7) is 5.67. The maximum Gasteiger partial charge on any atom is 0.225 e. The van der Waals surface area contributed by atoms with Crippen molar-refractivity contribution in [3.63, 3.8) is 0 Å². The van der Waals surface area contributed by atoms with E-state index >= 15 is 0 Å². The standard InChI is InChI=1S/C10H17NO2/c1-2-3-6-11-10(12)9-5-4-7-13-8-9/h2,9H,1,3-8H2,(H,11,12). The van der Waals surface area contributed by atoms with E-state index in [0.717, 1.165) is 25.9 Å². The molecule has 1 saturated heterocycles. The molecule has 0 spiro atoms. The summed E-state index contributed by atoms with van der Waals surface area (Å²) < 4.78 is 5.23. The molecule has 0 aliphatic carbocycles. The first-order valence-electron chi connectivity index (χ1n) is 4.81. The van der Waals surface area contributed by atoms with Gasteiger partial charge in [-0.25, -0.2) is 0 Å². The van der Waals surface area contributed by atoms with Crippen molar-refractivity contribution in [2.24, 2.45) is 5.92 Å². The van der Waals surface area contributed by atoms with Crippen LogP contribution in [0.25, 0.3) is 0 Å². The molecule has 0 bridgehead atoms. The van der Waals surface area contributed by atoms with Gasteiger partial charge < -0.3 is 10.1 Å². The molecule has 13 heavy (non-hydrogen) atoms. The quantitative estimate of drug-likeness (QED) is 0.523. The minimum absolute atomic E-state index is 0.0681. The van der Waals surface area contributed by atoms with Gasteiger partial charge in [0, 0.05) is 13.2 Å². The minimum atomic E-state index is 0.0681. The van der Waals surface area contributed by atoms with Crippen molar-refractivity contribution >= 4 is 5.91 Å². The van der Waals surface area contributed by atoms with Crippen LogP contribution in [0.4, 0.5) is 0 Å². The van der Waals surface area contributed by atoms with E-state index in [4.69, 9.17) is 4.74 Å². The molecular formula is C10H17NO2. The van der Waals surface area contributed by atoms with Crippen molar-refractivity contribution in [1.29, 1.82) is 0 Å². The molecule has 1 fully saturated rings. The number of ether oxygens (including phenoxy) is 1. The van der Waals surface area contributed by atoms with Gasteiger partial charge in [-0.1, -0.05) is 6.08 Å². The topological polar surface area (TPSA) is 38.3 Å². The summed E-state index contributed by atoms with van der Waals surface area (Å²) in [4.78, 5) is 11.4. The first-order valence-corrected chi connectivity index (χ1v) is 4.81. The van der Waals surface area contributed by atoms with Gasteiger partial charge in [-0.2, -0.15) is 0 Å². The first-order chi connectivity index (χ1) is 6.34. The summed E-state index contributed by atoms with van der Waals surface area (Å²) in [5, 5.41) is 2.86. The average Bonchev–Trinajstić information content (AvgIpc) is 2.19. The van der Waals surface area contributed by atoms with Crippen LogP contribution in [0.15, 0.2) is 12.7 Å². The highest BCUT2D eigenvalue weighted by Crippen LogP contribution is 2.13. The van der Waals surface area contributed by atoms with Crippen LogP contribution < -0.4 is 5.32 Å². The molecule has 1 aliphatic rings. The zero-order valence-electron chi connectivity index (χ0n) is 7.92. The van der Waals surface area contributed by atoms with Crippen molar-refractivity contribution < 1.29 is 9.53 Å². The Bertz CT molecular complexity index is 174. The zero-order chi connectivity index (χ0) is 9.52. The van der Waals surface area contributed by atoms with Crippen molar-refractivity contribution in [2.75, 3.05) is 19.8 Å². The lowest BCUT2D eigenvalue weighted by atomic mass is 10.0. The molecule has 0 aromatic carbocycles. The molecule has 1 heterocycles. The SMILES string of the molecule is C=CCCNC(=O)C1CCCOC1. The Morgan fingerprint density at radius 1 is 1.69 bits per heavy atom. The van der Waals surface area contributed by atoms with E-state index < -0.39 is 0 Å². The van der Waals surface area contributed by atoms with Crippen LogP contribution in [-0.2, 0) is 9.53 Å². The third-order valence-corrected chi connectivity index (χ3v) is 2.18. The maximum absolute atomic E-state index is 11.4. The Morgan fingerprint density at radius 2 is 2.54 bits per heavy atom. The second-order valence-corrected chi connectivity index (χ2v) is 3.28. The highest BCUT2D eigenvalue weighted by Gasteiger charge is 2.20. The van der Waals surface area contributed by atoms with Crippen LogP contribution >= 0.6 is 0 Å². The van der Waals surface area contributed by atoms with E-state index in [-0.39, 0.29) is 11.8 Å². The number of amides is 1. The highest BCUT2D eigenvalue weighted by atomic mass is 16.5. The van der Waals surface area contributed by atoms with Gasteiger partial charge in [-0.05, 0) is 19.3 Å². The Kier molecular flexibility index (Phi) is 4.54. The Labute approximate surface area is 79.2 Å². The van der Waals surface area contributed by atoms with Crippen LogP contribution in [0.3, 0.4) is 0 Å². The van der Waals surface area contributed by atoms with Gasteiger partial charge >= 0.3 is 0 Å². The van der Waals surface area contributed by atoms with Gasteiger partial charge in [0.2, 0.25) is 5.91 Å². The summed E-state index contributed by atoms with van der Waals surface area (Å²) in [7, 11) is 0. The molecule has 1 rings (SSSR count). The Balaban J connectivity index is 2.17.